The average molecular weight is 1340 g/mol. The van der Waals surface area contributed by atoms with Crippen LogP contribution in [0.4, 0.5) is 0 Å². The molecule has 0 aliphatic heterocycles. The molecule has 3 unspecified atom stereocenters. The van der Waals surface area contributed by atoms with Crippen molar-refractivity contribution in [2.45, 2.75) is 356 Å². The first-order valence-corrected chi connectivity index (χ1v) is 39.7. The minimum atomic E-state index is -4.96. The van der Waals surface area contributed by atoms with Crippen LogP contribution in [0.5, 0.6) is 0 Å². The molecule has 0 amide bonds. The van der Waals surface area contributed by atoms with Gasteiger partial charge in [-0.05, 0) is 69.1 Å². The number of allylic oxidation sites excluding steroid dienone is 4. The van der Waals surface area contributed by atoms with E-state index in [4.69, 9.17) is 37.0 Å². The standard InChI is InChI=1S/C72H136O17P2/c1-8-9-10-11-12-13-14-15-16-21-24-27-32-41-48-55-71(76)88-67(59-82-69(74)53-46-39-31-26-23-20-18-17-19-22-25-29-36-43-50-63(2)3)61-86-90(78,79)84-57-66(73)58-85-91(80,81)87-62-68(89-72(77)56-49-42-35-34-38-45-52-65(6)7)60-83-70(75)54-47-40-33-28-30-37-44-51-64(4)5/h13-16,63-68,73H,8-12,17-62H2,1-7H3,(H,78,79)(H,80,81)/b14-13-,16-15-/t66?,67-,68-/m1/s1. The second-order valence-corrected chi connectivity index (χ2v) is 29.6. The molecular formula is C72H136O17P2. The maximum absolute atomic E-state index is 13.0. The van der Waals surface area contributed by atoms with Gasteiger partial charge in [-0.15, -0.1) is 0 Å². The zero-order valence-corrected chi connectivity index (χ0v) is 60.6. The van der Waals surface area contributed by atoms with Crippen LogP contribution in [-0.4, -0.2) is 96.7 Å². The molecule has 19 heteroatoms. The fraction of sp³-hybridized carbons (Fsp3) is 0.889. The number of unbranched alkanes of at least 4 members (excludes halogenated alkanes) is 33. The predicted molar refractivity (Wildman–Crippen MR) is 367 cm³/mol. The number of rotatable bonds is 68. The summed E-state index contributed by atoms with van der Waals surface area (Å²) in [5.41, 5.74) is 0. The smallest absolute Gasteiger partial charge is 0.462 e. The number of carbonyl (C=O) groups excluding carboxylic acids is 4. The molecule has 0 saturated heterocycles. The Balaban J connectivity index is 5.25. The summed E-state index contributed by atoms with van der Waals surface area (Å²) in [5, 5.41) is 10.6. The van der Waals surface area contributed by atoms with Crippen molar-refractivity contribution in [1.29, 1.82) is 0 Å². The molecule has 0 bridgehead atoms. The van der Waals surface area contributed by atoms with Crippen molar-refractivity contribution in [1.82, 2.24) is 0 Å². The first kappa shape index (κ1) is 88.5. The Kier molecular flexibility index (Phi) is 60.7. The number of phosphoric ester groups is 2. The van der Waals surface area contributed by atoms with Gasteiger partial charge in [0.1, 0.15) is 19.3 Å². The second kappa shape index (κ2) is 62.4. The highest BCUT2D eigenvalue weighted by atomic mass is 31.2. The molecule has 0 aliphatic rings. The van der Waals surface area contributed by atoms with E-state index in [0.717, 1.165) is 115 Å². The molecule has 5 atom stereocenters. The van der Waals surface area contributed by atoms with Gasteiger partial charge in [0, 0.05) is 25.7 Å². The maximum atomic E-state index is 13.0. The zero-order chi connectivity index (χ0) is 67.3. The van der Waals surface area contributed by atoms with Gasteiger partial charge in [-0.1, -0.05) is 285 Å². The van der Waals surface area contributed by atoms with E-state index >= 15 is 0 Å². The van der Waals surface area contributed by atoms with Crippen LogP contribution >= 0.6 is 15.6 Å². The van der Waals surface area contributed by atoms with Crippen molar-refractivity contribution in [3.05, 3.63) is 24.3 Å². The van der Waals surface area contributed by atoms with Gasteiger partial charge in [0.25, 0.3) is 0 Å². The quantitative estimate of drug-likeness (QED) is 0.0169. The Morgan fingerprint density at radius 1 is 0.341 bits per heavy atom. The second-order valence-electron chi connectivity index (χ2n) is 26.7. The van der Waals surface area contributed by atoms with Gasteiger partial charge >= 0.3 is 39.5 Å². The molecule has 0 aliphatic carbocycles. The molecule has 91 heavy (non-hydrogen) atoms. The molecule has 0 aromatic rings. The van der Waals surface area contributed by atoms with Crippen LogP contribution in [0.25, 0.3) is 0 Å². The van der Waals surface area contributed by atoms with Crippen LogP contribution in [0, 0.1) is 17.8 Å². The van der Waals surface area contributed by atoms with Crippen molar-refractivity contribution in [3.8, 4) is 0 Å². The van der Waals surface area contributed by atoms with Crippen molar-refractivity contribution >= 4 is 39.5 Å². The lowest BCUT2D eigenvalue weighted by molar-refractivity contribution is -0.161. The van der Waals surface area contributed by atoms with E-state index in [1.807, 2.05) is 0 Å². The maximum Gasteiger partial charge on any atom is 0.472 e. The zero-order valence-electron chi connectivity index (χ0n) is 58.8. The van der Waals surface area contributed by atoms with Gasteiger partial charge < -0.3 is 33.8 Å². The van der Waals surface area contributed by atoms with E-state index in [1.54, 1.807) is 0 Å². The van der Waals surface area contributed by atoms with Gasteiger partial charge in [0.15, 0.2) is 12.2 Å². The van der Waals surface area contributed by atoms with Crippen LogP contribution < -0.4 is 0 Å². The minimum Gasteiger partial charge on any atom is -0.462 e. The third kappa shape index (κ3) is 66.0. The van der Waals surface area contributed by atoms with E-state index in [-0.39, 0.29) is 25.7 Å². The highest BCUT2D eigenvalue weighted by Gasteiger charge is 2.30. The lowest BCUT2D eigenvalue weighted by Crippen LogP contribution is -2.30. The van der Waals surface area contributed by atoms with Gasteiger partial charge in [-0.3, -0.25) is 37.3 Å². The first-order chi connectivity index (χ1) is 43.7. The lowest BCUT2D eigenvalue weighted by Gasteiger charge is -2.21. The summed E-state index contributed by atoms with van der Waals surface area (Å²) in [6.07, 6.45) is 49.7. The number of carbonyl (C=O) groups is 4. The Labute approximate surface area is 554 Å². The topological polar surface area (TPSA) is 237 Å². The third-order valence-electron chi connectivity index (χ3n) is 16.0. The fourth-order valence-electron chi connectivity index (χ4n) is 10.4. The van der Waals surface area contributed by atoms with Crippen LogP contribution in [-0.2, 0) is 65.4 Å². The van der Waals surface area contributed by atoms with Crippen LogP contribution in [0.1, 0.15) is 337 Å². The third-order valence-corrected chi connectivity index (χ3v) is 17.9. The Bertz CT molecular complexity index is 1880. The molecule has 0 saturated carbocycles. The van der Waals surface area contributed by atoms with Crippen molar-refractivity contribution in [3.63, 3.8) is 0 Å². The van der Waals surface area contributed by atoms with Gasteiger partial charge in [-0.2, -0.15) is 0 Å². The summed E-state index contributed by atoms with van der Waals surface area (Å²) >= 11 is 0. The van der Waals surface area contributed by atoms with E-state index in [1.165, 1.54) is 128 Å². The van der Waals surface area contributed by atoms with Gasteiger partial charge in [0.2, 0.25) is 0 Å². The van der Waals surface area contributed by atoms with Crippen molar-refractivity contribution < 1.29 is 80.2 Å². The highest BCUT2D eigenvalue weighted by Crippen LogP contribution is 2.45. The number of hydrogen-bond donors (Lipinski definition) is 3. The minimum absolute atomic E-state index is 0.0846. The molecular weight excluding hydrogens is 1200 g/mol. The highest BCUT2D eigenvalue weighted by molar-refractivity contribution is 7.47. The largest absolute Gasteiger partial charge is 0.472 e. The van der Waals surface area contributed by atoms with Crippen LogP contribution in [0.15, 0.2) is 24.3 Å². The van der Waals surface area contributed by atoms with Gasteiger partial charge in [0.05, 0.1) is 26.4 Å². The Morgan fingerprint density at radius 2 is 0.593 bits per heavy atom. The number of phosphoric acid groups is 2. The summed E-state index contributed by atoms with van der Waals surface area (Å²) in [6.45, 7) is 11.7. The molecule has 0 rings (SSSR count). The van der Waals surface area contributed by atoms with E-state index in [9.17, 15) is 43.2 Å². The Morgan fingerprint density at radius 3 is 0.890 bits per heavy atom. The normalized spacial score (nSPS) is 14.3. The molecule has 536 valence electrons. The number of ether oxygens (including phenoxy) is 4. The fourth-order valence-corrected chi connectivity index (χ4v) is 11.9. The monoisotopic (exact) mass is 1330 g/mol. The molecule has 0 fully saturated rings. The number of aliphatic hydroxyl groups is 1. The van der Waals surface area contributed by atoms with Crippen molar-refractivity contribution in [2.24, 2.45) is 17.8 Å². The lowest BCUT2D eigenvalue weighted by atomic mass is 10.0. The first-order valence-electron chi connectivity index (χ1n) is 36.7. The van der Waals surface area contributed by atoms with Gasteiger partial charge in [-0.25, -0.2) is 9.13 Å². The van der Waals surface area contributed by atoms with Crippen LogP contribution in [0.2, 0.25) is 0 Å². The molecule has 17 nitrogen and oxygen atoms in total. The van der Waals surface area contributed by atoms with Crippen LogP contribution in [0.3, 0.4) is 0 Å². The van der Waals surface area contributed by atoms with E-state index in [0.29, 0.717) is 37.5 Å². The summed E-state index contributed by atoms with van der Waals surface area (Å²) in [7, 11) is -9.91. The van der Waals surface area contributed by atoms with E-state index in [2.05, 4.69) is 72.8 Å². The summed E-state index contributed by atoms with van der Waals surface area (Å²) in [4.78, 5) is 72.5. The summed E-state index contributed by atoms with van der Waals surface area (Å²) in [5.74, 6) is 0.00826. The summed E-state index contributed by atoms with van der Waals surface area (Å²) in [6, 6.07) is 0. The number of hydrogen-bond acceptors (Lipinski definition) is 15. The predicted octanol–water partition coefficient (Wildman–Crippen LogP) is 20.2. The molecule has 0 heterocycles. The van der Waals surface area contributed by atoms with Crippen molar-refractivity contribution in [2.75, 3.05) is 39.6 Å². The molecule has 3 N–H and O–H groups in total. The van der Waals surface area contributed by atoms with E-state index < -0.39 is 97.5 Å². The molecule has 0 spiro atoms. The molecule has 0 aromatic heterocycles. The SMILES string of the molecule is CCCCCC/C=C\C=C/CCCCCCCC(=O)O[C@H](COC(=O)CCCCCCCCCCCCCCCCC(C)C)COP(=O)(O)OCC(O)COP(=O)(O)OC[C@@H](COC(=O)CCCCCCCCCC(C)C)OC(=O)CCCCCCCCC(C)C. The summed E-state index contributed by atoms with van der Waals surface area (Å²) < 4.78 is 68.2. The molecule has 0 radical (unpaired) electrons. The Hall–Kier alpha value is -2.46. The number of esters is 4. The number of aliphatic hydroxyl groups excluding tert-OH is 1. The average Bonchev–Trinajstić information content (AvgIpc) is 3.37. The molecule has 0 aromatic carbocycles.